The summed E-state index contributed by atoms with van der Waals surface area (Å²) >= 11 is 0. The number of aliphatic imine (C=N–C) groups is 1. The van der Waals surface area contributed by atoms with Crippen molar-refractivity contribution in [1.82, 2.24) is 4.57 Å². The lowest BCUT2D eigenvalue weighted by atomic mass is 9.99. The lowest BCUT2D eigenvalue weighted by Gasteiger charge is -2.08. The summed E-state index contributed by atoms with van der Waals surface area (Å²) in [6, 6.07) is 62.2. The number of aryl methyl sites for hydroxylation is 1. The van der Waals surface area contributed by atoms with E-state index < -0.39 is 0 Å². The van der Waals surface area contributed by atoms with Crippen LogP contribution in [0.25, 0.3) is 49.9 Å². The highest BCUT2D eigenvalue weighted by molar-refractivity contribution is 6.12. The largest absolute Gasteiger partial charge is 0.309 e. The molecular weight excluding hydrogens is 833 g/mol. The summed E-state index contributed by atoms with van der Waals surface area (Å²) in [7, 11) is 0. The van der Waals surface area contributed by atoms with Gasteiger partial charge in [-0.25, -0.2) is 4.99 Å². The zero-order valence-corrected chi connectivity index (χ0v) is 41.2. The van der Waals surface area contributed by atoms with Crippen molar-refractivity contribution in [3.63, 3.8) is 0 Å². The minimum atomic E-state index is 0.756. The molecule has 0 spiro atoms. The number of hydrogen-bond donors (Lipinski definition) is 0. The van der Waals surface area contributed by atoms with E-state index >= 15 is 0 Å². The van der Waals surface area contributed by atoms with Crippen LogP contribution >= 0.6 is 0 Å². The summed E-state index contributed by atoms with van der Waals surface area (Å²) in [6.45, 7) is 20.5. The Hall–Kier alpha value is -8.07. The van der Waals surface area contributed by atoms with Crippen molar-refractivity contribution in [2.24, 2.45) is 4.99 Å². The lowest BCUT2D eigenvalue weighted by molar-refractivity contribution is 1.18. The third-order valence-electron chi connectivity index (χ3n) is 11.9. The molecule has 342 valence electrons. The fourth-order valence-corrected chi connectivity index (χ4v) is 8.56. The van der Waals surface area contributed by atoms with Crippen LogP contribution in [0, 0.1) is 6.92 Å². The maximum Gasteiger partial charge on any atom is 0.0711 e. The first kappa shape index (κ1) is 48.9. The first-order valence-corrected chi connectivity index (χ1v) is 24.1. The predicted octanol–water partition coefficient (Wildman–Crippen LogP) is 18.3. The zero-order valence-electron chi connectivity index (χ0n) is 41.2. The Bertz CT molecular complexity index is 3250. The minimum absolute atomic E-state index is 0.756. The highest BCUT2D eigenvalue weighted by Gasteiger charge is 2.21. The Morgan fingerprint density at radius 2 is 1.28 bits per heavy atom. The molecule has 69 heavy (non-hydrogen) atoms. The van der Waals surface area contributed by atoms with E-state index in [0.717, 1.165) is 46.5 Å². The van der Waals surface area contributed by atoms with Crippen molar-refractivity contribution in [2.45, 2.75) is 54.4 Å². The van der Waals surface area contributed by atoms with E-state index in [1.54, 1.807) is 0 Å². The molecule has 0 saturated carbocycles. The lowest BCUT2D eigenvalue weighted by Crippen LogP contribution is -1.99. The molecule has 2 heteroatoms. The first-order chi connectivity index (χ1) is 33.7. The van der Waals surface area contributed by atoms with Gasteiger partial charge in [-0.3, -0.25) is 0 Å². The van der Waals surface area contributed by atoms with E-state index in [1.165, 1.54) is 72.0 Å². The molecule has 0 bridgehead atoms. The van der Waals surface area contributed by atoms with Crippen molar-refractivity contribution >= 4 is 38.8 Å². The standard InChI is InChI=1S/C33H31N.C32H27N.C2H6/c1-5-6-13-29-23-30-19-18-24(2)20-31(30)32(29)21-25(3)22-33(28-16-11-8-12-17-28)34-26(4)27-14-9-7-10-15-27;1-24(2)11-5-3-6-12-25-17-19-26(20-18-25)27-21-22-32-30(23-27)29-15-9-10-16-31(29)33(32)28-13-7-4-8-14-28;1-2/h5-22H,4,23H2,1-3H3;3-11,13-23H,1,12H2,2H3;1-2H3/b6-5-,25-22+,29-13-,32-21-,34-33?;6-3-,11-5-;. The number of nitrogens with zero attached hydrogens (tertiary/aromatic N) is 2. The third-order valence-corrected chi connectivity index (χ3v) is 11.9. The second-order valence-electron chi connectivity index (χ2n) is 17.1. The number of para-hydroxylation sites is 2. The van der Waals surface area contributed by atoms with Crippen LogP contribution in [0.2, 0.25) is 0 Å². The number of rotatable bonds is 12. The van der Waals surface area contributed by atoms with Crippen LogP contribution in [0.3, 0.4) is 0 Å². The van der Waals surface area contributed by atoms with Crippen LogP contribution < -0.4 is 0 Å². The average molecular weight is 897 g/mol. The van der Waals surface area contributed by atoms with Gasteiger partial charge in [0.2, 0.25) is 0 Å². The Balaban J connectivity index is 0.000000197. The number of aromatic nitrogens is 1. The van der Waals surface area contributed by atoms with E-state index in [-0.39, 0.29) is 0 Å². The van der Waals surface area contributed by atoms with Crippen molar-refractivity contribution in [3.8, 4) is 16.8 Å². The van der Waals surface area contributed by atoms with Crippen molar-refractivity contribution in [1.29, 1.82) is 0 Å². The van der Waals surface area contributed by atoms with Crippen LogP contribution in [0.1, 0.15) is 68.0 Å². The Kier molecular flexibility index (Phi) is 17.1. The van der Waals surface area contributed by atoms with Crippen LogP contribution in [0.5, 0.6) is 0 Å². The van der Waals surface area contributed by atoms with Gasteiger partial charge in [-0.15, -0.1) is 0 Å². The molecule has 7 aromatic carbocycles. The topological polar surface area (TPSA) is 17.3 Å². The van der Waals surface area contributed by atoms with E-state index in [0.29, 0.717) is 0 Å². The van der Waals surface area contributed by atoms with Crippen molar-refractivity contribution < 1.29 is 0 Å². The predicted molar refractivity (Wildman–Crippen MR) is 302 cm³/mol. The molecule has 9 rings (SSSR count). The van der Waals surface area contributed by atoms with Gasteiger partial charge in [0, 0.05) is 22.0 Å². The first-order valence-electron chi connectivity index (χ1n) is 24.1. The molecule has 0 amide bonds. The number of hydrogen-bond acceptors (Lipinski definition) is 1. The number of fused-ring (bicyclic) bond motifs is 4. The summed E-state index contributed by atoms with van der Waals surface area (Å²) in [5, 5.41) is 2.56. The summed E-state index contributed by atoms with van der Waals surface area (Å²) in [6.07, 6.45) is 21.1. The van der Waals surface area contributed by atoms with Gasteiger partial charge in [0.1, 0.15) is 0 Å². The monoisotopic (exact) mass is 897 g/mol. The maximum absolute atomic E-state index is 4.95. The van der Waals surface area contributed by atoms with E-state index in [2.05, 4.69) is 208 Å². The van der Waals surface area contributed by atoms with Crippen molar-refractivity contribution in [2.75, 3.05) is 0 Å². The molecule has 0 saturated heterocycles. The molecule has 0 fully saturated rings. The molecule has 0 radical (unpaired) electrons. The molecule has 0 atom stereocenters. The summed E-state index contributed by atoms with van der Waals surface area (Å²) in [5.41, 5.74) is 20.0. The van der Waals surface area contributed by atoms with Gasteiger partial charge in [-0.05, 0) is 127 Å². The summed E-state index contributed by atoms with van der Waals surface area (Å²) < 4.78 is 2.35. The molecular formula is C67H64N2. The molecule has 1 aliphatic carbocycles. The Labute approximate surface area is 411 Å². The van der Waals surface area contributed by atoms with Gasteiger partial charge in [0.25, 0.3) is 0 Å². The van der Waals surface area contributed by atoms with Gasteiger partial charge < -0.3 is 4.57 Å². The molecule has 1 aliphatic rings. The fraction of sp³-hybridized carbons (Fsp3) is 0.119. The third kappa shape index (κ3) is 12.5. The summed E-state index contributed by atoms with van der Waals surface area (Å²) in [5.74, 6) is 0. The second kappa shape index (κ2) is 24.1. The second-order valence-corrected chi connectivity index (χ2v) is 17.1. The number of benzene rings is 7. The quantitative estimate of drug-likeness (QED) is 0.0859. The molecule has 1 heterocycles. The van der Waals surface area contributed by atoms with Crippen LogP contribution in [0.15, 0.2) is 265 Å². The minimum Gasteiger partial charge on any atom is -0.309 e. The van der Waals surface area contributed by atoms with Crippen molar-refractivity contribution in [3.05, 3.63) is 294 Å². The highest BCUT2D eigenvalue weighted by Crippen LogP contribution is 2.39. The van der Waals surface area contributed by atoms with Crippen LogP contribution in [0.4, 0.5) is 0 Å². The van der Waals surface area contributed by atoms with E-state index in [1.807, 2.05) is 81.5 Å². The van der Waals surface area contributed by atoms with Gasteiger partial charge in [-0.2, -0.15) is 0 Å². The van der Waals surface area contributed by atoms with Gasteiger partial charge in [0.05, 0.1) is 22.4 Å². The average Bonchev–Trinajstić information content (AvgIpc) is 3.90. The zero-order chi connectivity index (χ0) is 48.5. The van der Waals surface area contributed by atoms with Gasteiger partial charge in [-0.1, -0.05) is 232 Å². The van der Waals surface area contributed by atoms with E-state index in [9.17, 15) is 0 Å². The van der Waals surface area contributed by atoms with E-state index in [4.69, 9.17) is 4.99 Å². The SMILES string of the molecule is C=C(C)/C=C\C=C/Cc1ccc(-c2ccc3c(c2)c2ccccc2n3-c2ccccc2)cc1.C=C(N=C(/C=C(C)/C=C1/C(=C\C=C/C)Cc2ccc(C)cc21)c1ccccc1)c1ccccc1.CC. The molecule has 8 aromatic rings. The van der Waals surface area contributed by atoms with Crippen LogP contribution in [-0.2, 0) is 12.8 Å². The normalized spacial score (nSPS) is 13.8. The highest BCUT2D eigenvalue weighted by atomic mass is 15.0. The molecule has 0 N–H and O–H groups in total. The molecule has 1 aromatic heterocycles. The summed E-state index contributed by atoms with van der Waals surface area (Å²) in [4.78, 5) is 4.95. The maximum atomic E-state index is 4.95. The fourth-order valence-electron chi connectivity index (χ4n) is 8.56. The molecule has 2 nitrogen and oxygen atoms in total. The molecule has 0 unspecified atom stereocenters. The smallest absolute Gasteiger partial charge is 0.0711 e. The number of allylic oxidation sites excluding steroid dienone is 13. The van der Waals surface area contributed by atoms with Gasteiger partial charge in [0.15, 0.2) is 0 Å². The van der Waals surface area contributed by atoms with Gasteiger partial charge >= 0.3 is 0 Å². The Morgan fingerprint density at radius 1 is 0.638 bits per heavy atom. The molecule has 0 aliphatic heterocycles. The van der Waals surface area contributed by atoms with Crippen LogP contribution in [-0.4, -0.2) is 10.3 Å². The Morgan fingerprint density at radius 3 is 1.97 bits per heavy atom.